The van der Waals surface area contributed by atoms with Crippen LogP contribution in [0.15, 0.2) is 41.7 Å². The van der Waals surface area contributed by atoms with Gasteiger partial charge in [-0.1, -0.05) is 6.07 Å². The van der Waals surface area contributed by atoms with Crippen LogP contribution in [0.25, 0.3) is 28.0 Å². The number of pyridine rings is 1. The van der Waals surface area contributed by atoms with E-state index in [0.29, 0.717) is 48.5 Å². The molecule has 4 rings (SSSR count). The van der Waals surface area contributed by atoms with Gasteiger partial charge in [0.25, 0.3) is 0 Å². The SMILES string of the molecule is CC(=N/C=C(\C)c1ccc(-c2nc3cc(C)ncc3[nH]2)c(F)c1)OC1CCC(C)(C(=O)O)CC1. The maximum absolute atomic E-state index is 14.9. The van der Waals surface area contributed by atoms with Crippen molar-refractivity contribution in [2.45, 2.75) is 59.5 Å². The number of carboxylic acid groups (broad SMARTS) is 1. The van der Waals surface area contributed by atoms with Gasteiger partial charge in [0.2, 0.25) is 0 Å². The number of carboxylic acids is 1. The fraction of sp³-hybridized carbons (Fsp3) is 0.385. The first-order valence-electron chi connectivity index (χ1n) is 11.4. The van der Waals surface area contributed by atoms with Crippen molar-refractivity contribution in [1.29, 1.82) is 0 Å². The van der Waals surface area contributed by atoms with Gasteiger partial charge in [-0.25, -0.2) is 14.4 Å². The van der Waals surface area contributed by atoms with Gasteiger partial charge in [-0.3, -0.25) is 9.78 Å². The van der Waals surface area contributed by atoms with Crippen LogP contribution in [0.5, 0.6) is 0 Å². The molecule has 2 heterocycles. The molecule has 8 heteroatoms. The van der Waals surface area contributed by atoms with Crippen molar-refractivity contribution in [3.8, 4) is 11.4 Å². The Hall–Kier alpha value is -3.55. The number of imidazole rings is 1. The smallest absolute Gasteiger partial charge is 0.309 e. The number of hydrogen-bond donors (Lipinski definition) is 2. The predicted octanol–water partition coefficient (Wildman–Crippen LogP) is 5.90. The number of hydrogen-bond acceptors (Lipinski definition) is 5. The molecule has 0 radical (unpaired) electrons. The summed E-state index contributed by atoms with van der Waals surface area (Å²) in [5, 5.41) is 9.36. The van der Waals surface area contributed by atoms with Gasteiger partial charge in [-0.2, -0.15) is 0 Å². The van der Waals surface area contributed by atoms with Crippen molar-refractivity contribution in [3.63, 3.8) is 0 Å². The second kappa shape index (κ2) is 9.37. The minimum atomic E-state index is -0.749. The van der Waals surface area contributed by atoms with E-state index in [1.54, 1.807) is 32.3 Å². The molecule has 1 fully saturated rings. The second-order valence-electron chi connectivity index (χ2n) is 9.27. The molecule has 3 aromatic rings. The highest BCUT2D eigenvalue weighted by molar-refractivity contribution is 5.80. The van der Waals surface area contributed by atoms with Gasteiger partial charge < -0.3 is 14.8 Å². The number of benzene rings is 1. The summed E-state index contributed by atoms with van der Waals surface area (Å²) in [6.45, 7) is 7.31. The van der Waals surface area contributed by atoms with Crippen molar-refractivity contribution < 1.29 is 19.0 Å². The molecule has 178 valence electrons. The molecule has 1 aromatic carbocycles. The summed E-state index contributed by atoms with van der Waals surface area (Å²) in [6, 6.07) is 6.86. The molecule has 1 aliphatic carbocycles. The lowest BCUT2D eigenvalue weighted by atomic mass is 9.75. The zero-order valence-corrected chi connectivity index (χ0v) is 19.9. The molecule has 0 spiro atoms. The van der Waals surface area contributed by atoms with E-state index in [4.69, 9.17) is 4.74 Å². The van der Waals surface area contributed by atoms with Crippen molar-refractivity contribution in [3.05, 3.63) is 53.7 Å². The number of nitrogens with one attached hydrogen (secondary N) is 1. The van der Waals surface area contributed by atoms with Gasteiger partial charge in [0.1, 0.15) is 17.7 Å². The topological polar surface area (TPSA) is 100 Å². The van der Waals surface area contributed by atoms with Crippen molar-refractivity contribution >= 4 is 28.5 Å². The van der Waals surface area contributed by atoms with E-state index in [9.17, 15) is 14.3 Å². The van der Waals surface area contributed by atoms with Crippen molar-refractivity contribution in [2.75, 3.05) is 0 Å². The van der Waals surface area contributed by atoms with E-state index in [2.05, 4.69) is 19.9 Å². The summed E-state index contributed by atoms with van der Waals surface area (Å²) in [6.07, 6.45) is 5.85. The highest BCUT2D eigenvalue weighted by Crippen LogP contribution is 2.37. The van der Waals surface area contributed by atoms with Crippen LogP contribution < -0.4 is 0 Å². The third-order valence-electron chi connectivity index (χ3n) is 6.51. The van der Waals surface area contributed by atoms with Crippen LogP contribution in [-0.2, 0) is 9.53 Å². The third-order valence-corrected chi connectivity index (χ3v) is 6.51. The molecule has 0 saturated heterocycles. The van der Waals surface area contributed by atoms with Gasteiger partial charge in [0, 0.05) is 18.8 Å². The summed E-state index contributed by atoms with van der Waals surface area (Å²) < 4.78 is 20.8. The minimum absolute atomic E-state index is 0.0376. The van der Waals surface area contributed by atoms with Crippen molar-refractivity contribution in [1.82, 2.24) is 15.0 Å². The predicted molar refractivity (Wildman–Crippen MR) is 130 cm³/mol. The fourth-order valence-corrected chi connectivity index (χ4v) is 4.18. The van der Waals surface area contributed by atoms with Crippen LogP contribution in [0.4, 0.5) is 4.39 Å². The molecule has 0 unspecified atom stereocenters. The number of ether oxygens (including phenoxy) is 1. The number of halogens is 1. The summed E-state index contributed by atoms with van der Waals surface area (Å²) in [4.78, 5) is 27.6. The van der Waals surface area contributed by atoms with Crippen LogP contribution in [0.3, 0.4) is 0 Å². The van der Waals surface area contributed by atoms with E-state index in [0.717, 1.165) is 22.3 Å². The molecule has 2 N–H and O–H groups in total. The Balaban J connectivity index is 1.43. The lowest BCUT2D eigenvalue weighted by molar-refractivity contribution is -0.150. The average molecular weight is 465 g/mol. The maximum Gasteiger partial charge on any atom is 0.309 e. The number of carbonyl (C=O) groups is 1. The molecule has 1 aliphatic rings. The van der Waals surface area contributed by atoms with E-state index in [1.165, 1.54) is 6.07 Å². The number of fused-ring (bicyclic) bond motifs is 1. The third kappa shape index (κ3) is 5.00. The van der Waals surface area contributed by atoms with Crippen LogP contribution in [0, 0.1) is 18.2 Å². The zero-order chi connectivity index (χ0) is 24.5. The highest BCUT2D eigenvalue weighted by atomic mass is 19.1. The zero-order valence-electron chi connectivity index (χ0n) is 19.9. The number of aliphatic carboxylic acids is 1. The van der Waals surface area contributed by atoms with E-state index in [1.807, 2.05) is 26.0 Å². The number of aromatic nitrogens is 3. The Morgan fingerprint density at radius 1 is 1.29 bits per heavy atom. The number of aryl methyl sites for hydroxylation is 1. The van der Waals surface area contributed by atoms with Crippen molar-refractivity contribution in [2.24, 2.45) is 10.4 Å². The Labute approximate surface area is 197 Å². The van der Waals surface area contributed by atoms with Crippen LogP contribution in [0.1, 0.15) is 57.7 Å². The minimum Gasteiger partial charge on any atom is -0.481 e. The monoisotopic (exact) mass is 464 g/mol. The van der Waals surface area contributed by atoms with Gasteiger partial charge in [0.15, 0.2) is 5.90 Å². The quantitative estimate of drug-likeness (QED) is 0.362. The Kier molecular flexibility index (Phi) is 6.50. The molecule has 0 atom stereocenters. The summed E-state index contributed by atoms with van der Waals surface area (Å²) in [5.41, 5.74) is 3.58. The molecular weight excluding hydrogens is 435 g/mol. The fourth-order valence-electron chi connectivity index (χ4n) is 4.18. The maximum atomic E-state index is 14.9. The molecule has 0 aliphatic heterocycles. The normalized spacial score (nSPS) is 21.6. The molecule has 1 saturated carbocycles. The van der Waals surface area contributed by atoms with E-state index >= 15 is 0 Å². The lowest BCUT2D eigenvalue weighted by Crippen LogP contribution is -2.35. The summed E-state index contributed by atoms with van der Waals surface area (Å²) in [7, 11) is 0. The van der Waals surface area contributed by atoms with E-state index in [-0.39, 0.29) is 11.9 Å². The molecule has 0 amide bonds. The first-order chi connectivity index (χ1) is 16.1. The number of allylic oxidation sites excluding steroid dienone is 1. The van der Waals surface area contributed by atoms with Crippen LogP contribution >= 0.6 is 0 Å². The Bertz CT molecular complexity index is 1290. The summed E-state index contributed by atoms with van der Waals surface area (Å²) >= 11 is 0. The molecule has 7 nitrogen and oxygen atoms in total. The first-order valence-corrected chi connectivity index (χ1v) is 11.4. The number of aromatic amines is 1. The Morgan fingerprint density at radius 3 is 2.71 bits per heavy atom. The largest absolute Gasteiger partial charge is 0.481 e. The average Bonchev–Trinajstić information content (AvgIpc) is 3.21. The number of nitrogens with zero attached hydrogens (tertiary/aromatic N) is 3. The molecule has 0 bridgehead atoms. The molecule has 2 aromatic heterocycles. The Morgan fingerprint density at radius 2 is 2.03 bits per heavy atom. The second-order valence-corrected chi connectivity index (χ2v) is 9.27. The lowest BCUT2D eigenvalue weighted by Gasteiger charge is -2.33. The molecule has 34 heavy (non-hydrogen) atoms. The highest BCUT2D eigenvalue weighted by Gasteiger charge is 2.38. The first kappa shape index (κ1) is 23.6. The van der Waals surface area contributed by atoms with Gasteiger partial charge in [-0.05, 0) is 75.8 Å². The van der Waals surface area contributed by atoms with Gasteiger partial charge in [-0.15, -0.1) is 0 Å². The standard InChI is InChI=1S/C26H29FN4O3/c1-15(13-29-17(3)34-19-7-9-26(4,10-8-19)25(32)33)18-5-6-20(21(27)12-18)24-30-22-11-16(2)28-14-23(22)31-24/h5-6,11-14,19H,7-10H2,1-4H3,(H,30,31)(H,32,33)/b15-13+,29-17?. The van der Waals surface area contributed by atoms with E-state index < -0.39 is 11.4 Å². The summed E-state index contributed by atoms with van der Waals surface area (Å²) in [5.74, 6) is -0.163. The van der Waals surface area contributed by atoms with Gasteiger partial charge >= 0.3 is 5.97 Å². The van der Waals surface area contributed by atoms with Crippen LogP contribution in [0.2, 0.25) is 0 Å². The van der Waals surface area contributed by atoms with Crippen LogP contribution in [-0.4, -0.2) is 38.0 Å². The number of H-pyrrole nitrogens is 1. The molecular formula is C26H29FN4O3. The van der Waals surface area contributed by atoms with Gasteiger partial charge in [0.05, 0.1) is 28.2 Å². The number of rotatable bonds is 5. The number of aliphatic imine (C=N–C) groups is 1.